The van der Waals surface area contributed by atoms with Gasteiger partial charge in [0.2, 0.25) is 0 Å². The van der Waals surface area contributed by atoms with Crippen LogP contribution in [0, 0.1) is 13.8 Å². The van der Waals surface area contributed by atoms with Crippen LogP contribution in [0.5, 0.6) is 5.75 Å². The second kappa shape index (κ2) is 7.75. The zero-order valence-corrected chi connectivity index (χ0v) is 13.2. The smallest absolute Gasteiger partial charge is 0.251 e. The molecule has 1 aromatic heterocycles. The number of aromatic amines is 1. The number of nitrogens with two attached hydrogens (primary N) is 1. The van der Waals surface area contributed by atoms with Gasteiger partial charge in [-0.2, -0.15) is 0 Å². The number of nitrogens with zero attached hydrogens (tertiary/aromatic N) is 1. The first-order chi connectivity index (χ1) is 10.6. The van der Waals surface area contributed by atoms with E-state index in [4.69, 9.17) is 10.5 Å². The molecule has 0 aliphatic rings. The van der Waals surface area contributed by atoms with Gasteiger partial charge in [-0.1, -0.05) is 12.1 Å². The lowest BCUT2D eigenvalue weighted by Gasteiger charge is -2.10. The van der Waals surface area contributed by atoms with Crippen molar-refractivity contribution in [2.24, 2.45) is 5.73 Å². The molecule has 0 amide bonds. The highest BCUT2D eigenvalue weighted by Gasteiger charge is 2.04. The topological polar surface area (TPSA) is 81.0 Å². The number of hydrogen-bond donors (Lipinski definition) is 2. The third-order valence-electron chi connectivity index (χ3n) is 3.42. The Morgan fingerprint density at radius 3 is 2.82 bits per heavy atom. The Morgan fingerprint density at radius 1 is 1.23 bits per heavy atom. The molecule has 2 rings (SSSR count). The van der Waals surface area contributed by atoms with Crippen LogP contribution < -0.4 is 16.0 Å². The van der Waals surface area contributed by atoms with Crippen molar-refractivity contribution in [2.45, 2.75) is 33.1 Å². The Labute approximate surface area is 130 Å². The van der Waals surface area contributed by atoms with Crippen LogP contribution in [0.25, 0.3) is 0 Å². The monoisotopic (exact) mass is 301 g/mol. The van der Waals surface area contributed by atoms with Crippen molar-refractivity contribution in [3.63, 3.8) is 0 Å². The van der Waals surface area contributed by atoms with E-state index in [0.29, 0.717) is 25.4 Å². The molecule has 0 aliphatic heterocycles. The van der Waals surface area contributed by atoms with Gasteiger partial charge in [0.25, 0.3) is 5.56 Å². The highest BCUT2D eigenvalue weighted by molar-refractivity contribution is 5.35. The van der Waals surface area contributed by atoms with Crippen LogP contribution in [0.3, 0.4) is 0 Å². The summed E-state index contributed by atoms with van der Waals surface area (Å²) in [5, 5.41) is 0. The van der Waals surface area contributed by atoms with Gasteiger partial charge in [-0.15, -0.1) is 0 Å². The van der Waals surface area contributed by atoms with Crippen molar-refractivity contribution in [3.8, 4) is 5.75 Å². The molecule has 0 bridgehead atoms. The normalized spacial score (nSPS) is 10.7. The molecule has 0 saturated heterocycles. The van der Waals surface area contributed by atoms with Crippen molar-refractivity contribution >= 4 is 0 Å². The van der Waals surface area contributed by atoms with Crippen molar-refractivity contribution in [1.82, 2.24) is 9.97 Å². The summed E-state index contributed by atoms with van der Waals surface area (Å²) in [4.78, 5) is 18.8. The lowest BCUT2D eigenvalue weighted by Crippen LogP contribution is -2.16. The molecule has 2 aromatic rings. The molecule has 0 saturated carbocycles. The summed E-state index contributed by atoms with van der Waals surface area (Å²) in [6.07, 6.45) is 2.12. The van der Waals surface area contributed by atoms with Gasteiger partial charge in [0.15, 0.2) is 0 Å². The number of nitrogens with one attached hydrogen (secondary N) is 1. The molecule has 0 atom stereocenters. The molecule has 0 spiro atoms. The molecule has 118 valence electrons. The van der Waals surface area contributed by atoms with Crippen LogP contribution in [-0.2, 0) is 12.8 Å². The maximum Gasteiger partial charge on any atom is 0.251 e. The summed E-state index contributed by atoms with van der Waals surface area (Å²) in [6.45, 7) is 5.13. The summed E-state index contributed by atoms with van der Waals surface area (Å²) >= 11 is 0. The average molecular weight is 301 g/mol. The van der Waals surface area contributed by atoms with E-state index in [0.717, 1.165) is 35.4 Å². The molecular weight excluding hydrogens is 278 g/mol. The summed E-state index contributed by atoms with van der Waals surface area (Å²) in [5.74, 6) is 1.53. The third kappa shape index (κ3) is 4.70. The van der Waals surface area contributed by atoms with Gasteiger partial charge in [0, 0.05) is 18.2 Å². The molecule has 0 fully saturated rings. The van der Waals surface area contributed by atoms with Gasteiger partial charge < -0.3 is 15.5 Å². The summed E-state index contributed by atoms with van der Waals surface area (Å²) in [6, 6.07) is 7.65. The number of H-pyrrole nitrogens is 1. The fraction of sp³-hybridized carbons (Fsp3) is 0.412. The number of aryl methyl sites for hydroxylation is 3. The lowest BCUT2D eigenvalue weighted by molar-refractivity contribution is 0.316. The van der Waals surface area contributed by atoms with Gasteiger partial charge in [-0.05, 0) is 50.4 Å². The zero-order valence-electron chi connectivity index (χ0n) is 13.2. The Morgan fingerprint density at radius 2 is 2.05 bits per heavy atom. The first-order valence-electron chi connectivity index (χ1n) is 7.57. The summed E-state index contributed by atoms with van der Waals surface area (Å²) in [7, 11) is 0. The van der Waals surface area contributed by atoms with Gasteiger partial charge in [0.05, 0.1) is 6.61 Å². The Kier molecular flexibility index (Phi) is 5.72. The molecule has 5 nitrogen and oxygen atoms in total. The van der Waals surface area contributed by atoms with Crippen molar-refractivity contribution in [1.29, 1.82) is 0 Å². The van der Waals surface area contributed by atoms with Gasteiger partial charge in [-0.3, -0.25) is 4.79 Å². The maximum absolute atomic E-state index is 11.6. The molecule has 1 heterocycles. The van der Waals surface area contributed by atoms with E-state index in [1.165, 1.54) is 6.07 Å². The predicted octanol–water partition coefficient (Wildman–Crippen LogP) is 1.90. The van der Waals surface area contributed by atoms with Crippen molar-refractivity contribution < 1.29 is 4.74 Å². The highest BCUT2D eigenvalue weighted by atomic mass is 16.5. The number of aromatic nitrogens is 2. The third-order valence-corrected chi connectivity index (χ3v) is 3.42. The maximum atomic E-state index is 11.6. The van der Waals surface area contributed by atoms with Crippen molar-refractivity contribution in [3.05, 3.63) is 57.3 Å². The van der Waals surface area contributed by atoms with Crippen LogP contribution in [0.4, 0.5) is 0 Å². The summed E-state index contributed by atoms with van der Waals surface area (Å²) in [5.41, 5.74) is 8.42. The minimum absolute atomic E-state index is 0.122. The molecule has 0 radical (unpaired) electrons. The molecule has 0 unspecified atom stereocenters. The van der Waals surface area contributed by atoms with E-state index in [9.17, 15) is 4.79 Å². The fourth-order valence-corrected chi connectivity index (χ4v) is 2.21. The Balaban J connectivity index is 1.98. The number of rotatable bonds is 7. The van der Waals surface area contributed by atoms with Crippen LogP contribution in [0.2, 0.25) is 0 Å². The minimum atomic E-state index is -0.122. The molecule has 0 aliphatic carbocycles. The Hall–Kier alpha value is -2.14. The SMILES string of the molecule is Cc1ccc(C)c(OCCc2nc(CCCN)cc(=O)[nH]2)c1. The van der Waals surface area contributed by atoms with Crippen LogP contribution in [-0.4, -0.2) is 23.1 Å². The van der Waals surface area contributed by atoms with E-state index in [1.807, 2.05) is 26.0 Å². The second-order valence-corrected chi connectivity index (χ2v) is 5.44. The quantitative estimate of drug-likeness (QED) is 0.818. The predicted molar refractivity (Wildman–Crippen MR) is 87.3 cm³/mol. The van der Waals surface area contributed by atoms with E-state index in [2.05, 4.69) is 16.0 Å². The largest absolute Gasteiger partial charge is 0.493 e. The molecular formula is C17H23N3O2. The number of benzene rings is 1. The molecule has 22 heavy (non-hydrogen) atoms. The standard InChI is InChI=1S/C17H23N3O2/c1-12-5-6-13(2)15(10-12)22-9-7-16-19-14(4-3-8-18)11-17(21)20-16/h5-6,10-11H,3-4,7-9,18H2,1-2H3,(H,19,20,21). The number of ether oxygens (including phenoxy) is 1. The molecule has 1 aromatic carbocycles. The first-order valence-corrected chi connectivity index (χ1v) is 7.57. The summed E-state index contributed by atoms with van der Waals surface area (Å²) < 4.78 is 5.80. The lowest BCUT2D eigenvalue weighted by atomic mass is 10.1. The average Bonchev–Trinajstić information content (AvgIpc) is 2.48. The number of hydrogen-bond acceptors (Lipinski definition) is 4. The van der Waals surface area contributed by atoms with Crippen LogP contribution >= 0.6 is 0 Å². The zero-order chi connectivity index (χ0) is 15.9. The fourth-order valence-electron chi connectivity index (χ4n) is 2.21. The molecule has 5 heteroatoms. The minimum Gasteiger partial charge on any atom is -0.493 e. The highest BCUT2D eigenvalue weighted by Crippen LogP contribution is 2.19. The second-order valence-electron chi connectivity index (χ2n) is 5.44. The van der Waals surface area contributed by atoms with Crippen molar-refractivity contribution in [2.75, 3.05) is 13.2 Å². The van der Waals surface area contributed by atoms with Gasteiger partial charge in [-0.25, -0.2) is 4.98 Å². The van der Waals surface area contributed by atoms with E-state index >= 15 is 0 Å². The first kappa shape index (κ1) is 16.2. The van der Waals surface area contributed by atoms with E-state index in [1.54, 1.807) is 0 Å². The van der Waals surface area contributed by atoms with Crippen LogP contribution in [0.1, 0.15) is 29.1 Å². The Bertz CT molecular complexity index is 680. The van der Waals surface area contributed by atoms with E-state index < -0.39 is 0 Å². The van der Waals surface area contributed by atoms with E-state index in [-0.39, 0.29) is 5.56 Å². The van der Waals surface area contributed by atoms with Gasteiger partial charge >= 0.3 is 0 Å². The van der Waals surface area contributed by atoms with Gasteiger partial charge in [0.1, 0.15) is 11.6 Å². The van der Waals surface area contributed by atoms with Crippen LogP contribution in [0.15, 0.2) is 29.1 Å². The molecule has 3 N–H and O–H groups in total.